The second-order valence-corrected chi connectivity index (χ2v) is 6.58. The summed E-state index contributed by atoms with van der Waals surface area (Å²) in [6.07, 6.45) is -0.389. The number of anilines is 2. The summed E-state index contributed by atoms with van der Waals surface area (Å²) in [4.78, 5) is 22.2. The Bertz CT molecular complexity index is 840. The zero-order chi connectivity index (χ0) is 19.6. The Balaban J connectivity index is 1.97. The van der Waals surface area contributed by atoms with E-state index in [-0.39, 0.29) is 29.5 Å². The van der Waals surface area contributed by atoms with Gasteiger partial charge >= 0.3 is 6.18 Å². The van der Waals surface area contributed by atoms with Crippen LogP contribution < -0.4 is 16.4 Å². The van der Waals surface area contributed by atoms with E-state index in [9.17, 15) is 18.0 Å². The molecule has 1 aromatic carbocycles. The van der Waals surface area contributed by atoms with E-state index in [0.29, 0.717) is 18.8 Å². The van der Waals surface area contributed by atoms with Crippen molar-refractivity contribution in [2.45, 2.75) is 31.5 Å². The van der Waals surface area contributed by atoms with E-state index >= 15 is 0 Å². The number of rotatable bonds is 4. The number of piperidine rings is 1. The smallest absolute Gasteiger partial charge is 0.382 e. The van der Waals surface area contributed by atoms with Crippen molar-refractivity contribution in [3.8, 4) is 0 Å². The van der Waals surface area contributed by atoms with Gasteiger partial charge in [0.25, 0.3) is 0 Å². The first-order valence-corrected chi connectivity index (χ1v) is 8.56. The zero-order valence-electron chi connectivity index (χ0n) is 14.5. The van der Waals surface area contributed by atoms with E-state index in [1.807, 2.05) is 4.90 Å². The van der Waals surface area contributed by atoms with Crippen LogP contribution in [0.3, 0.4) is 0 Å². The molecule has 1 aliphatic rings. The fraction of sp³-hybridized carbons (Fsp3) is 0.389. The molecule has 1 fully saturated rings. The second kappa shape index (κ2) is 7.51. The highest BCUT2D eigenvalue weighted by molar-refractivity contribution is 6.00. The normalized spacial score (nSPS) is 17.8. The summed E-state index contributed by atoms with van der Waals surface area (Å²) in [5, 5.41) is 0. The lowest BCUT2D eigenvalue weighted by Gasteiger charge is -2.34. The molecule has 1 aromatic heterocycles. The minimum atomic E-state index is -4.50. The number of nitrogen functional groups attached to an aromatic ring is 1. The highest BCUT2D eigenvalue weighted by Crippen LogP contribution is 2.34. The van der Waals surface area contributed by atoms with Gasteiger partial charge in [-0.15, -0.1) is 0 Å². The minimum Gasteiger partial charge on any atom is -0.382 e. The van der Waals surface area contributed by atoms with Crippen LogP contribution in [0.2, 0.25) is 0 Å². The molecular weight excluding hydrogens is 359 g/mol. The maximum absolute atomic E-state index is 13.2. The Kier molecular flexibility index (Phi) is 5.31. The molecular formula is C18H20F3N5O. The molecule has 3 rings (SSSR count). The topological polar surface area (TPSA) is 98.1 Å². The van der Waals surface area contributed by atoms with E-state index in [4.69, 9.17) is 11.5 Å². The van der Waals surface area contributed by atoms with Crippen molar-refractivity contribution in [1.82, 2.24) is 9.97 Å². The van der Waals surface area contributed by atoms with Gasteiger partial charge in [-0.1, -0.05) is 0 Å². The van der Waals surface area contributed by atoms with Crippen molar-refractivity contribution in [2.24, 2.45) is 5.73 Å². The van der Waals surface area contributed by atoms with E-state index in [2.05, 4.69) is 9.97 Å². The molecule has 0 spiro atoms. The van der Waals surface area contributed by atoms with E-state index < -0.39 is 17.5 Å². The molecule has 2 aromatic rings. The molecule has 0 aliphatic carbocycles. The third-order valence-electron chi connectivity index (χ3n) is 4.55. The molecule has 4 N–H and O–H groups in total. The summed E-state index contributed by atoms with van der Waals surface area (Å²) in [5.41, 5.74) is 11.7. The fourth-order valence-electron chi connectivity index (χ4n) is 3.26. The number of nitrogens with two attached hydrogens (primary N) is 2. The number of hydrogen-bond acceptors (Lipinski definition) is 6. The summed E-state index contributed by atoms with van der Waals surface area (Å²) < 4.78 is 39.5. The zero-order valence-corrected chi connectivity index (χ0v) is 14.5. The molecule has 0 bridgehead atoms. The molecule has 2 heterocycles. The summed E-state index contributed by atoms with van der Waals surface area (Å²) >= 11 is 0. The number of carbonyl (C=O) groups excluding carboxylic acids is 1. The van der Waals surface area contributed by atoms with Gasteiger partial charge in [0.15, 0.2) is 11.6 Å². The number of Topliss-reactive ketones (excluding diaryl/α,β-unsaturated/α-hetero) is 1. The first-order valence-electron chi connectivity index (χ1n) is 8.56. The summed E-state index contributed by atoms with van der Waals surface area (Å²) in [6, 6.07) is 3.39. The van der Waals surface area contributed by atoms with Gasteiger partial charge in [-0.25, -0.2) is 9.97 Å². The number of carbonyl (C=O) groups is 1. The quantitative estimate of drug-likeness (QED) is 0.792. The predicted molar refractivity (Wildman–Crippen MR) is 95.3 cm³/mol. The summed E-state index contributed by atoms with van der Waals surface area (Å²) in [5.74, 6) is -0.529. The third-order valence-corrected chi connectivity index (χ3v) is 4.55. The molecule has 27 heavy (non-hydrogen) atoms. The van der Waals surface area contributed by atoms with Crippen LogP contribution in [-0.4, -0.2) is 34.9 Å². The van der Waals surface area contributed by atoms with E-state index in [1.54, 1.807) is 0 Å². The van der Waals surface area contributed by atoms with Crippen LogP contribution in [0.5, 0.6) is 0 Å². The van der Waals surface area contributed by atoms with Crippen LogP contribution in [0.25, 0.3) is 0 Å². The van der Waals surface area contributed by atoms with Gasteiger partial charge in [0, 0.05) is 43.6 Å². The maximum Gasteiger partial charge on any atom is 0.416 e. The molecule has 1 atom stereocenters. The van der Waals surface area contributed by atoms with Gasteiger partial charge in [-0.2, -0.15) is 13.2 Å². The number of ketones is 1. The standard InChI is InChI=1S/C18H20F3N5O/c19-18(20,21)12-3-4-14(26-7-1-2-13(22)10-26)11(8-12)9-15(27)16-17(23)25-6-5-24-16/h3-6,8,13H,1-2,7,9-10,22H2,(H2,23,25). The lowest BCUT2D eigenvalue weighted by Crippen LogP contribution is -2.43. The van der Waals surface area contributed by atoms with Gasteiger partial charge in [0.05, 0.1) is 5.56 Å². The summed E-state index contributed by atoms with van der Waals surface area (Å²) in [7, 11) is 0. The van der Waals surface area contributed by atoms with E-state index in [0.717, 1.165) is 25.0 Å². The second-order valence-electron chi connectivity index (χ2n) is 6.58. The van der Waals surface area contributed by atoms with Crippen LogP contribution in [0.1, 0.15) is 34.5 Å². The molecule has 144 valence electrons. The van der Waals surface area contributed by atoms with Crippen LogP contribution in [0, 0.1) is 0 Å². The van der Waals surface area contributed by atoms with Crippen molar-refractivity contribution in [2.75, 3.05) is 23.7 Å². The number of hydrogen-bond donors (Lipinski definition) is 2. The Morgan fingerprint density at radius 2 is 2.00 bits per heavy atom. The molecule has 1 saturated heterocycles. The van der Waals surface area contributed by atoms with Crippen molar-refractivity contribution in [3.05, 3.63) is 47.4 Å². The average molecular weight is 379 g/mol. The Labute approximate surface area is 154 Å². The number of alkyl halides is 3. The molecule has 0 amide bonds. The molecule has 9 heteroatoms. The van der Waals surface area contributed by atoms with Gasteiger partial charge in [0.2, 0.25) is 0 Å². The Morgan fingerprint density at radius 3 is 2.67 bits per heavy atom. The number of aromatic nitrogens is 2. The Hall–Kier alpha value is -2.68. The largest absolute Gasteiger partial charge is 0.416 e. The first-order chi connectivity index (χ1) is 12.8. The van der Waals surface area contributed by atoms with Crippen molar-refractivity contribution in [3.63, 3.8) is 0 Å². The van der Waals surface area contributed by atoms with Crippen LogP contribution in [0.4, 0.5) is 24.7 Å². The highest BCUT2D eigenvalue weighted by atomic mass is 19.4. The highest BCUT2D eigenvalue weighted by Gasteiger charge is 2.32. The number of nitrogens with zero attached hydrogens (tertiary/aromatic N) is 3. The lowest BCUT2D eigenvalue weighted by molar-refractivity contribution is -0.137. The minimum absolute atomic E-state index is 0.0452. The molecule has 1 unspecified atom stereocenters. The SMILES string of the molecule is Nc1nccnc1C(=O)Cc1cc(C(F)(F)F)ccc1N1CCCC(N)C1. The van der Waals surface area contributed by atoms with Gasteiger partial charge < -0.3 is 16.4 Å². The maximum atomic E-state index is 13.2. The summed E-state index contributed by atoms with van der Waals surface area (Å²) in [6.45, 7) is 1.20. The lowest BCUT2D eigenvalue weighted by atomic mass is 9.98. The van der Waals surface area contributed by atoms with Crippen LogP contribution >= 0.6 is 0 Å². The van der Waals surface area contributed by atoms with Gasteiger partial charge in [0.1, 0.15) is 5.69 Å². The molecule has 6 nitrogen and oxygen atoms in total. The number of benzene rings is 1. The predicted octanol–water partition coefficient (Wildman–Crippen LogP) is 2.43. The van der Waals surface area contributed by atoms with Crippen LogP contribution in [-0.2, 0) is 12.6 Å². The van der Waals surface area contributed by atoms with Crippen molar-refractivity contribution >= 4 is 17.3 Å². The fourth-order valence-corrected chi connectivity index (χ4v) is 3.26. The molecule has 1 aliphatic heterocycles. The third kappa shape index (κ3) is 4.36. The van der Waals surface area contributed by atoms with E-state index in [1.165, 1.54) is 18.5 Å². The number of halogens is 3. The van der Waals surface area contributed by atoms with Crippen LogP contribution in [0.15, 0.2) is 30.6 Å². The van der Waals surface area contributed by atoms with Gasteiger partial charge in [-0.3, -0.25) is 4.79 Å². The average Bonchev–Trinajstić information content (AvgIpc) is 2.61. The van der Waals surface area contributed by atoms with Crippen molar-refractivity contribution < 1.29 is 18.0 Å². The first kappa shape index (κ1) is 19.1. The monoisotopic (exact) mass is 379 g/mol. The van der Waals surface area contributed by atoms with Gasteiger partial charge in [-0.05, 0) is 36.6 Å². The molecule has 0 saturated carbocycles. The van der Waals surface area contributed by atoms with Crippen molar-refractivity contribution in [1.29, 1.82) is 0 Å². The Morgan fingerprint density at radius 1 is 1.26 bits per heavy atom. The molecule has 0 radical (unpaired) electrons.